The van der Waals surface area contributed by atoms with Gasteiger partial charge in [0.1, 0.15) is 12.4 Å². The van der Waals surface area contributed by atoms with E-state index in [1.54, 1.807) is 12.1 Å². The fraction of sp³-hybridized carbons (Fsp3) is 0.500. The van der Waals surface area contributed by atoms with E-state index in [0.29, 0.717) is 35.2 Å². The number of hydrogen-bond acceptors (Lipinski definition) is 3. The third-order valence-electron chi connectivity index (χ3n) is 4.54. The average molecular weight is 501 g/mol. The Balaban J connectivity index is 2.19. The lowest BCUT2D eigenvalue weighted by molar-refractivity contribution is 0.240. The normalized spacial score (nSPS) is 12.2. The maximum atomic E-state index is 14.1. The average Bonchev–Trinajstić information content (AvgIpc) is 2.59. The lowest BCUT2D eigenvalue weighted by Gasteiger charge is -2.33. The standard InChI is InChI=1S/C24H32BrClFNO2/c1-7-29-21-12-16(13-28-24(5,6)15-23(2,3)4)11-18(25)22(21)30-14-17-19(26)9-8-10-20(17)27/h8-12,28H,7,13-15H2,1-6H3. The first-order valence-electron chi connectivity index (χ1n) is 10.2. The first-order chi connectivity index (χ1) is 13.9. The minimum Gasteiger partial charge on any atom is -0.490 e. The van der Waals surface area contributed by atoms with Gasteiger partial charge in [-0.3, -0.25) is 0 Å². The van der Waals surface area contributed by atoms with E-state index >= 15 is 0 Å². The third kappa shape index (κ3) is 7.44. The van der Waals surface area contributed by atoms with Crippen molar-refractivity contribution in [2.45, 2.75) is 66.7 Å². The first-order valence-corrected chi connectivity index (χ1v) is 11.3. The van der Waals surface area contributed by atoms with Crippen molar-refractivity contribution in [3.8, 4) is 11.5 Å². The Hall–Kier alpha value is -1.30. The molecule has 0 aliphatic rings. The van der Waals surface area contributed by atoms with E-state index < -0.39 is 5.82 Å². The minimum absolute atomic E-state index is 0.00669. The van der Waals surface area contributed by atoms with Crippen molar-refractivity contribution in [2.24, 2.45) is 5.41 Å². The van der Waals surface area contributed by atoms with Crippen LogP contribution in [-0.2, 0) is 13.2 Å². The number of halogens is 3. The Morgan fingerprint density at radius 2 is 1.80 bits per heavy atom. The molecule has 0 aliphatic carbocycles. The molecule has 166 valence electrons. The minimum atomic E-state index is -0.390. The molecule has 0 bridgehead atoms. The zero-order valence-electron chi connectivity index (χ0n) is 18.7. The van der Waals surface area contributed by atoms with Crippen LogP contribution in [0.25, 0.3) is 0 Å². The van der Waals surface area contributed by atoms with E-state index in [9.17, 15) is 4.39 Å². The van der Waals surface area contributed by atoms with E-state index in [4.69, 9.17) is 21.1 Å². The topological polar surface area (TPSA) is 30.5 Å². The van der Waals surface area contributed by atoms with Crippen LogP contribution in [0.5, 0.6) is 11.5 Å². The molecular weight excluding hydrogens is 469 g/mol. The quantitative estimate of drug-likeness (QED) is 0.386. The van der Waals surface area contributed by atoms with Gasteiger partial charge in [0.25, 0.3) is 0 Å². The highest BCUT2D eigenvalue weighted by Gasteiger charge is 2.25. The van der Waals surface area contributed by atoms with Crippen LogP contribution in [0.3, 0.4) is 0 Å². The molecule has 0 amide bonds. The first kappa shape index (κ1) is 25.0. The Kier molecular flexibility index (Phi) is 8.60. The van der Waals surface area contributed by atoms with Crippen LogP contribution < -0.4 is 14.8 Å². The molecule has 30 heavy (non-hydrogen) atoms. The van der Waals surface area contributed by atoms with Crippen molar-refractivity contribution in [3.05, 3.63) is 56.8 Å². The number of ether oxygens (including phenoxy) is 2. The zero-order valence-corrected chi connectivity index (χ0v) is 21.0. The van der Waals surface area contributed by atoms with Crippen LogP contribution in [0.15, 0.2) is 34.8 Å². The monoisotopic (exact) mass is 499 g/mol. The van der Waals surface area contributed by atoms with Gasteiger partial charge in [-0.1, -0.05) is 38.4 Å². The van der Waals surface area contributed by atoms with Crippen LogP contribution in [0, 0.1) is 11.2 Å². The molecule has 0 aromatic heterocycles. The molecule has 3 nitrogen and oxygen atoms in total. The predicted molar refractivity (Wildman–Crippen MR) is 126 cm³/mol. The fourth-order valence-electron chi connectivity index (χ4n) is 3.67. The van der Waals surface area contributed by atoms with Gasteiger partial charge in [0.15, 0.2) is 11.5 Å². The van der Waals surface area contributed by atoms with Crippen molar-refractivity contribution in [3.63, 3.8) is 0 Å². The van der Waals surface area contributed by atoms with Gasteiger partial charge in [0.2, 0.25) is 0 Å². The molecule has 6 heteroatoms. The molecule has 0 spiro atoms. The van der Waals surface area contributed by atoms with Crippen LogP contribution >= 0.6 is 27.5 Å². The highest BCUT2D eigenvalue weighted by Crippen LogP contribution is 2.38. The molecule has 0 saturated heterocycles. The van der Waals surface area contributed by atoms with E-state index in [0.717, 1.165) is 16.5 Å². The highest BCUT2D eigenvalue weighted by atomic mass is 79.9. The van der Waals surface area contributed by atoms with E-state index in [2.05, 4.69) is 55.9 Å². The molecule has 0 saturated carbocycles. The molecule has 0 radical (unpaired) electrons. The van der Waals surface area contributed by atoms with Crippen molar-refractivity contribution in [1.29, 1.82) is 0 Å². The SMILES string of the molecule is CCOc1cc(CNC(C)(C)CC(C)(C)C)cc(Br)c1OCc1c(F)cccc1Cl. The Morgan fingerprint density at radius 1 is 1.10 bits per heavy atom. The fourth-order valence-corrected chi connectivity index (χ4v) is 4.49. The second kappa shape index (κ2) is 10.3. The summed E-state index contributed by atoms with van der Waals surface area (Å²) in [7, 11) is 0. The molecule has 2 aromatic carbocycles. The van der Waals surface area contributed by atoms with E-state index in [1.165, 1.54) is 6.07 Å². The molecular formula is C24H32BrClFNO2. The van der Waals surface area contributed by atoms with Crippen LogP contribution in [0.4, 0.5) is 4.39 Å². The summed E-state index contributed by atoms with van der Waals surface area (Å²) in [6.45, 7) is 14.3. The van der Waals surface area contributed by atoms with E-state index in [-0.39, 0.29) is 17.6 Å². The molecule has 1 N–H and O–H groups in total. The maximum Gasteiger partial charge on any atom is 0.175 e. The van der Waals surface area contributed by atoms with Gasteiger partial charge in [-0.25, -0.2) is 4.39 Å². The predicted octanol–water partition coefficient (Wildman–Crippen LogP) is 7.52. The Labute approximate surface area is 193 Å². The van der Waals surface area contributed by atoms with Crippen LogP contribution in [0.2, 0.25) is 5.02 Å². The second-order valence-electron chi connectivity index (χ2n) is 9.30. The number of hydrogen-bond donors (Lipinski definition) is 1. The smallest absolute Gasteiger partial charge is 0.175 e. The Morgan fingerprint density at radius 3 is 2.40 bits per heavy atom. The van der Waals surface area contributed by atoms with Gasteiger partial charge >= 0.3 is 0 Å². The van der Waals surface area contributed by atoms with Crippen molar-refractivity contribution in [1.82, 2.24) is 5.32 Å². The van der Waals surface area contributed by atoms with Gasteiger partial charge in [-0.2, -0.15) is 0 Å². The third-order valence-corrected chi connectivity index (χ3v) is 5.48. The number of rotatable bonds is 9. The zero-order chi connectivity index (χ0) is 22.5. The van der Waals surface area contributed by atoms with E-state index in [1.807, 2.05) is 19.1 Å². The lowest BCUT2D eigenvalue weighted by atomic mass is 9.82. The van der Waals surface area contributed by atoms with Crippen molar-refractivity contribution < 1.29 is 13.9 Å². The van der Waals surface area contributed by atoms with Gasteiger partial charge in [-0.05, 0) is 78.4 Å². The molecule has 0 fully saturated rings. The maximum absolute atomic E-state index is 14.1. The van der Waals surface area contributed by atoms with Crippen LogP contribution in [0.1, 0.15) is 59.1 Å². The van der Waals surface area contributed by atoms with Gasteiger partial charge in [0, 0.05) is 17.6 Å². The summed E-state index contributed by atoms with van der Waals surface area (Å²) < 4.78 is 26.6. The molecule has 2 aromatic rings. The summed E-state index contributed by atoms with van der Waals surface area (Å²) in [4.78, 5) is 0. The molecule has 0 heterocycles. The van der Waals surface area contributed by atoms with Gasteiger partial charge in [-0.15, -0.1) is 0 Å². The largest absolute Gasteiger partial charge is 0.490 e. The Bertz CT molecular complexity index is 845. The summed E-state index contributed by atoms with van der Waals surface area (Å²) in [6.07, 6.45) is 1.05. The molecule has 0 aliphatic heterocycles. The van der Waals surface area contributed by atoms with Gasteiger partial charge in [0.05, 0.1) is 16.1 Å². The van der Waals surface area contributed by atoms with Crippen LogP contribution in [-0.4, -0.2) is 12.1 Å². The lowest BCUT2D eigenvalue weighted by Crippen LogP contribution is -2.41. The number of nitrogens with one attached hydrogen (secondary N) is 1. The second-order valence-corrected chi connectivity index (χ2v) is 10.6. The summed E-state index contributed by atoms with van der Waals surface area (Å²) in [5, 5.41) is 3.98. The number of benzene rings is 2. The summed E-state index contributed by atoms with van der Waals surface area (Å²) >= 11 is 9.71. The highest BCUT2D eigenvalue weighted by molar-refractivity contribution is 9.10. The summed E-state index contributed by atoms with van der Waals surface area (Å²) in [5.41, 5.74) is 1.62. The molecule has 0 unspecified atom stereocenters. The van der Waals surface area contributed by atoms with Crippen molar-refractivity contribution in [2.75, 3.05) is 6.61 Å². The summed E-state index contributed by atoms with van der Waals surface area (Å²) in [6, 6.07) is 8.56. The molecule has 0 atom stereocenters. The van der Waals surface area contributed by atoms with Gasteiger partial charge < -0.3 is 14.8 Å². The van der Waals surface area contributed by atoms with Crippen molar-refractivity contribution >= 4 is 27.5 Å². The summed E-state index contributed by atoms with van der Waals surface area (Å²) in [5.74, 6) is 0.761. The molecule has 2 rings (SSSR count).